The van der Waals surface area contributed by atoms with Gasteiger partial charge in [-0.05, 0) is 24.8 Å². The predicted molar refractivity (Wildman–Crippen MR) is 72.5 cm³/mol. The van der Waals surface area contributed by atoms with Crippen LogP contribution in [0.25, 0.3) is 0 Å². The van der Waals surface area contributed by atoms with Crippen molar-refractivity contribution in [1.29, 1.82) is 0 Å². The molecule has 0 saturated carbocycles. The molecule has 96 valence electrons. The van der Waals surface area contributed by atoms with Gasteiger partial charge in [0.25, 0.3) is 5.91 Å². The first-order chi connectivity index (χ1) is 7.85. The van der Waals surface area contributed by atoms with E-state index in [-0.39, 0.29) is 11.3 Å². The molecule has 0 atom stereocenters. The van der Waals surface area contributed by atoms with Crippen molar-refractivity contribution in [2.75, 3.05) is 11.9 Å². The van der Waals surface area contributed by atoms with Gasteiger partial charge in [0.15, 0.2) is 0 Å². The van der Waals surface area contributed by atoms with Gasteiger partial charge < -0.3 is 5.32 Å². The molecule has 1 aromatic rings. The van der Waals surface area contributed by atoms with Crippen LogP contribution >= 0.6 is 15.9 Å². The van der Waals surface area contributed by atoms with Gasteiger partial charge in [-0.3, -0.25) is 9.48 Å². The molecule has 1 rings (SSSR count). The molecule has 5 heteroatoms. The second kappa shape index (κ2) is 5.67. The Morgan fingerprint density at radius 2 is 2.24 bits per heavy atom. The van der Waals surface area contributed by atoms with Crippen LogP contribution in [-0.2, 0) is 7.05 Å². The molecular formula is C12H20BrN3O. The van der Waals surface area contributed by atoms with E-state index in [4.69, 9.17) is 0 Å². The topological polar surface area (TPSA) is 46.9 Å². The van der Waals surface area contributed by atoms with E-state index in [0.717, 1.165) is 17.4 Å². The van der Waals surface area contributed by atoms with E-state index < -0.39 is 0 Å². The first kappa shape index (κ1) is 14.2. The predicted octanol–water partition coefficient (Wildman–Crippen LogP) is 2.27. The molecule has 1 heterocycles. The van der Waals surface area contributed by atoms with Crippen LogP contribution in [0.4, 0.5) is 0 Å². The van der Waals surface area contributed by atoms with Crippen molar-refractivity contribution >= 4 is 21.8 Å². The molecule has 0 aliphatic carbocycles. The number of nitrogens with one attached hydrogen (secondary N) is 1. The monoisotopic (exact) mass is 301 g/mol. The summed E-state index contributed by atoms with van der Waals surface area (Å²) in [6.07, 6.45) is 1.03. The van der Waals surface area contributed by atoms with Crippen molar-refractivity contribution < 1.29 is 4.79 Å². The van der Waals surface area contributed by atoms with E-state index in [1.54, 1.807) is 17.8 Å². The average Bonchev–Trinajstić information content (AvgIpc) is 2.54. The first-order valence-corrected chi connectivity index (χ1v) is 6.83. The molecule has 1 aromatic heterocycles. The number of nitrogens with zero attached hydrogens (tertiary/aromatic N) is 2. The maximum atomic E-state index is 11.9. The Balaban J connectivity index is 2.59. The van der Waals surface area contributed by atoms with Crippen molar-refractivity contribution in [3.63, 3.8) is 0 Å². The Morgan fingerprint density at radius 3 is 2.71 bits per heavy atom. The molecule has 4 nitrogen and oxygen atoms in total. The number of alkyl halides is 1. The first-order valence-electron chi connectivity index (χ1n) is 5.70. The molecule has 0 aromatic carbocycles. The van der Waals surface area contributed by atoms with E-state index >= 15 is 0 Å². The lowest BCUT2D eigenvalue weighted by Gasteiger charge is -2.23. The third-order valence-electron chi connectivity index (χ3n) is 2.73. The Kier molecular flexibility index (Phi) is 4.74. The molecule has 0 aliphatic heterocycles. The van der Waals surface area contributed by atoms with Gasteiger partial charge in [0, 0.05) is 18.9 Å². The van der Waals surface area contributed by atoms with E-state index in [9.17, 15) is 4.79 Å². The molecule has 0 bridgehead atoms. The van der Waals surface area contributed by atoms with Crippen LogP contribution in [0.5, 0.6) is 0 Å². The number of rotatable bonds is 5. The molecule has 0 fully saturated rings. The normalized spacial score (nSPS) is 11.6. The molecule has 1 N–H and O–H groups in total. The summed E-state index contributed by atoms with van der Waals surface area (Å²) in [5.74, 6) is -0.0595. The van der Waals surface area contributed by atoms with E-state index in [1.807, 2.05) is 6.92 Å². The van der Waals surface area contributed by atoms with Crippen LogP contribution in [-0.4, -0.2) is 27.6 Å². The van der Waals surface area contributed by atoms with Crippen molar-refractivity contribution in [3.05, 3.63) is 17.5 Å². The van der Waals surface area contributed by atoms with Crippen LogP contribution in [0.1, 0.15) is 36.5 Å². The van der Waals surface area contributed by atoms with Gasteiger partial charge in [0.05, 0.1) is 5.69 Å². The molecule has 0 radical (unpaired) electrons. The Bertz CT molecular complexity index is 398. The largest absolute Gasteiger partial charge is 0.350 e. The number of carbonyl (C=O) groups excluding carboxylic acids is 1. The summed E-state index contributed by atoms with van der Waals surface area (Å²) >= 11 is 3.43. The zero-order valence-electron chi connectivity index (χ0n) is 10.9. The van der Waals surface area contributed by atoms with E-state index in [0.29, 0.717) is 12.2 Å². The van der Waals surface area contributed by atoms with Crippen LogP contribution in [0.2, 0.25) is 0 Å². The summed E-state index contributed by atoms with van der Waals surface area (Å²) in [6.45, 7) is 6.83. The minimum atomic E-state index is -0.0595. The van der Waals surface area contributed by atoms with Gasteiger partial charge in [0.2, 0.25) is 0 Å². The Labute approximate surface area is 111 Å². The van der Waals surface area contributed by atoms with Crippen LogP contribution in [0, 0.1) is 12.3 Å². The second-order valence-corrected chi connectivity index (χ2v) is 5.87. The van der Waals surface area contributed by atoms with Gasteiger partial charge in [-0.25, -0.2) is 0 Å². The quantitative estimate of drug-likeness (QED) is 0.848. The highest BCUT2D eigenvalue weighted by molar-refractivity contribution is 9.09. The summed E-state index contributed by atoms with van der Waals surface area (Å²) < 4.78 is 1.61. The number of carbonyl (C=O) groups is 1. The number of hydrogen-bond donors (Lipinski definition) is 1. The number of amides is 1. The van der Waals surface area contributed by atoms with Crippen LogP contribution < -0.4 is 5.32 Å². The van der Waals surface area contributed by atoms with Gasteiger partial charge in [-0.2, -0.15) is 5.10 Å². The standard InChI is InChI=1S/C12H20BrN3O/c1-9-7-10(16(4)15-9)11(17)14-8-12(2,3)5-6-13/h7H,5-6,8H2,1-4H3,(H,14,17). The van der Waals surface area contributed by atoms with Gasteiger partial charge in [-0.15, -0.1) is 0 Å². The molecule has 1 amide bonds. The summed E-state index contributed by atoms with van der Waals surface area (Å²) in [4.78, 5) is 11.9. The molecule has 0 unspecified atom stereocenters. The second-order valence-electron chi connectivity index (χ2n) is 5.08. The lowest BCUT2D eigenvalue weighted by atomic mass is 9.90. The zero-order valence-corrected chi connectivity index (χ0v) is 12.5. The highest BCUT2D eigenvalue weighted by Gasteiger charge is 2.19. The maximum absolute atomic E-state index is 11.9. The average molecular weight is 302 g/mol. The minimum Gasteiger partial charge on any atom is -0.350 e. The van der Waals surface area contributed by atoms with Crippen LogP contribution in [0.3, 0.4) is 0 Å². The molecular weight excluding hydrogens is 282 g/mol. The molecule has 0 saturated heterocycles. The minimum absolute atomic E-state index is 0.0595. The highest BCUT2D eigenvalue weighted by atomic mass is 79.9. The smallest absolute Gasteiger partial charge is 0.269 e. The summed E-state index contributed by atoms with van der Waals surface area (Å²) in [5, 5.41) is 8.06. The maximum Gasteiger partial charge on any atom is 0.269 e. The van der Waals surface area contributed by atoms with E-state index in [1.165, 1.54) is 0 Å². The number of aryl methyl sites for hydroxylation is 2. The number of hydrogen-bond acceptors (Lipinski definition) is 2. The van der Waals surface area contributed by atoms with Crippen molar-refractivity contribution in [1.82, 2.24) is 15.1 Å². The third kappa shape index (κ3) is 4.15. The zero-order chi connectivity index (χ0) is 13.1. The third-order valence-corrected chi connectivity index (χ3v) is 3.13. The van der Waals surface area contributed by atoms with E-state index in [2.05, 4.69) is 40.2 Å². The fourth-order valence-electron chi connectivity index (χ4n) is 1.58. The molecule has 0 spiro atoms. The van der Waals surface area contributed by atoms with Crippen molar-refractivity contribution in [2.45, 2.75) is 27.2 Å². The van der Waals surface area contributed by atoms with Gasteiger partial charge in [-0.1, -0.05) is 29.8 Å². The molecule has 0 aliphatic rings. The van der Waals surface area contributed by atoms with Gasteiger partial charge in [0.1, 0.15) is 5.69 Å². The lowest BCUT2D eigenvalue weighted by Crippen LogP contribution is -2.35. The van der Waals surface area contributed by atoms with Crippen molar-refractivity contribution in [3.8, 4) is 0 Å². The number of aromatic nitrogens is 2. The fraction of sp³-hybridized carbons (Fsp3) is 0.667. The summed E-state index contributed by atoms with van der Waals surface area (Å²) in [5.41, 5.74) is 1.57. The molecule has 17 heavy (non-hydrogen) atoms. The van der Waals surface area contributed by atoms with Crippen LogP contribution in [0.15, 0.2) is 6.07 Å². The Hall–Kier alpha value is -0.840. The highest BCUT2D eigenvalue weighted by Crippen LogP contribution is 2.20. The van der Waals surface area contributed by atoms with Crippen molar-refractivity contribution in [2.24, 2.45) is 12.5 Å². The summed E-state index contributed by atoms with van der Waals surface area (Å²) in [7, 11) is 1.78. The lowest BCUT2D eigenvalue weighted by molar-refractivity contribution is 0.0926. The SMILES string of the molecule is Cc1cc(C(=O)NCC(C)(C)CCBr)n(C)n1. The summed E-state index contributed by atoms with van der Waals surface area (Å²) in [6, 6.07) is 1.80. The Morgan fingerprint density at radius 1 is 1.59 bits per heavy atom. The van der Waals surface area contributed by atoms with Gasteiger partial charge >= 0.3 is 0 Å². The fourth-order valence-corrected chi connectivity index (χ4v) is 2.65. The number of halogens is 1.